The van der Waals surface area contributed by atoms with E-state index in [-0.39, 0.29) is 5.41 Å². The predicted molar refractivity (Wildman–Crippen MR) is 74.2 cm³/mol. The van der Waals surface area contributed by atoms with Crippen LogP contribution in [0.5, 0.6) is 0 Å². The van der Waals surface area contributed by atoms with E-state index in [0.717, 1.165) is 30.8 Å². The standard InChI is InChI=1S/C12H20N2O2S2/c1-3-13-7-10-6-11(8-17-10)18(15,16)14-9-12(2)4-5-12/h6,8,13-14H,3-5,7,9H2,1-2H3. The molecule has 0 aromatic carbocycles. The van der Waals surface area contributed by atoms with Gasteiger partial charge in [0.25, 0.3) is 0 Å². The molecule has 0 amide bonds. The Morgan fingerprint density at radius 3 is 2.78 bits per heavy atom. The van der Waals surface area contributed by atoms with Crippen LogP contribution >= 0.6 is 11.3 Å². The van der Waals surface area contributed by atoms with E-state index >= 15 is 0 Å². The highest BCUT2D eigenvalue weighted by Gasteiger charge is 2.38. The van der Waals surface area contributed by atoms with Crippen molar-refractivity contribution in [1.82, 2.24) is 10.0 Å². The quantitative estimate of drug-likeness (QED) is 0.806. The van der Waals surface area contributed by atoms with Crippen LogP contribution in [0.15, 0.2) is 16.3 Å². The van der Waals surface area contributed by atoms with Crippen LogP contribution in [0.2, 0.25) is 0 Å². The Labute approximate surface area is 113 Å². The molecule has 0 bridgehead atoms. The van der Waals surface area contributed by atoms with Gasteiger partial charge in [0.05, 0.1) is 4.90 Å². The first-order chi connectivity index (χ1) is 8.45. The minimum absolute atomic E-state index is 0.190. The van der Waals surface area contributed by atoms with Crippen LogP contribution < -0.4 is 10.0 Å². The minimum Gasteiger partial charge on any atom is -0.312 e. The summed E-state index contributed by atoms with van der Waals surface area (Å²) >= 11 is 1.48. The highest BCUT2D eigenvalue weighted by atomic mass is 32.2. The summed E-state index contributed by atoms with van der Waals surface area (Å²) in [7, 11) is -3.33. The number of thiophene rings is 1. The van der Waals surface area contributed by atoms with Gasteiger partial charge in [-0.15, -0.1) is 11.3 Å². The van der Waals surface area contributed by atoms with Crippen LogP contribution in [-0.2, 0) is 16.6 Å². The fraction of sp³-hybridized carbons (Fsp3) is 0.667. The summed E-state index contributed by atoms with van der Waals surface area (Å²) in [6.45, 7) is 6.31. The zero-order valence-corrected chi connectivity index (χ0v) is 12.5. The van der Waals surface area contributed by atoms with Crippen molar-refractivity contribution in [2.24, 2.45) is 5.41 Å². The SMILES string of the molecule is CCNCc1cc(S(=O)(=O)NCC2(C)CC2)cs1. The van der Waals surface area contributed by atoms with Gasteiger partial charge < -0.3 is 5.32 Å². The summed E-state index contributed by atoms with van der Waals surface area (Å²) in [5, 5.41) is 4.90. The molecule has 0 atom stereocenters. The highest BCUT2D eigenvalue weighted by Crippen LogP contribution is 2.44. The maximum Gasteiger partial charge on any atom is 0.241 e. The van der Waals surface area contributed by atoms with Gasteiger partial charge in [-0.3, -0.25) is 0 Å². The van der Waals surface area contributed by atoms with Crippen molar-refractivity contribution in [2.45, 2.75) is 38.1 Å². The molecule has 4 nitrogen and oxygen atoms in total. The second kappa shape index (κ2) is 5.28. The molecule has 1 aromatic rings. The lowest BCUT2D eigenvalue weighted by atomic mass is 10.2. The molecule has 0 saturated heterocycles. The van der Waals surface area contributed by atoms with E-state index in [1.54, 1.807) is 11.4 Å². The largest absolute Gasteiger partial charge is 0.312 e. The number of hydrogen-bond acceptors (Lipinski definition) is 4. The first-order valence-corrected chi connectivity index (χ1v) is 8.59. The lowest BCUT2D eigenvalue weighted by Crippen LogP contribution is -2.28. The van der Waals surface area contributed by atoms with Gasteiger partial charge in [-0.25, -0.2) is 13.1 Å². The minimum atomic E-state index is -3.33. The fourth-order valence-corrected chi connectivity index (χ4v) is 4.03. The van der Waals surface area contributed by atoms with Crippen molar-refractivity contribution >= 4 is 21.4 Å². The van der Waals surface area contributed by atoms with Crippen LogP contribution in [0.1, 0.15) is 31.6 Å². The van der Waals surface area contributed by atoms with Crippen molar-refractivity contribution in [3.63, 3.8) is 0 Å². The maximum atomic E-state index is 12.1. The van der Waals surface area contributed by atoms with E-state index in [1.807, 2.05) is 6.92 Å². The van der Waals surface area contributed by atoms with Crippen LogP contribution in [0.4, 0.5) is 0 Å². The lowest BCUT2D eigenvalue weighted by Gasteiger charge is -2.09. The average molecular weight is 288 g/mol. The van der Waals surface area contributed by atoms with Crippen LogP contribution in [0.3, 0.4) is 0 Å². The maximum absolute atomic E-state index is 12.1. The second-order valence-corrected chi connectivity index (χ2v) is 7.93. The Bertz CT molecular complexity index is 504. The third-order valence-electron chi connectivity index (χ3n) is 3.28. The second-order valence-electron chi connectivity index (χ2n) is 5.16. The van der Waals surface area contributed by atoms with Crippen molar-refractivity contribution in [2.75, 3.05) is 13.1 Å². The van der Waals surface area contributed by atoms with Gasteiger partial charge in [0.15, 0.2) is 0 Å². The zero-order valence-electron chi connectivity index (χ0n) is 10.8. The lowest BCUT2D eigenvalue weighted by molar-refractivity contribution is 0.530. The molecule has 0 aliphatic heterocycles. The van der Waals surface area contributed by atoms with Crippen molar-refractivity contribution < 1.29 is 8.42 Å². The van der Waals surface area contributed by atoms with Gasteiger partial charge in [-0.2, -0.15) is 0 Å². The van der Waals surface area contributed by atoms with E-state index < -0.39 is 10.0 Å². The van der Waals surface area contributed by atoms with Gasteiger partial charge in [0, 0.05) is 23.3 Å². The van der Waals surface area contributed by atoms with E-state index in [4.69, 9.17) is 0 Å². The summed E-state index contributed by atoms with van der Waals surface area (Å²) in [6.07, 6.45) is 2.23. The summed E-state index contributed by atoms with van der Waals surface area (Å²) in [5.74, 6) is 0. The fourth-order valence-electron chi connectivity index (χ4n) is 1.59. The molecule has 102 valence electrons. The van der Waals surface area contributed by atoms with Crippen molar-refractivity contribution in [3.8, 4) is 0 Å². The molecular weight excluding hydrogens is 268 g/mol. The highest BCUT2D eigenvalue weighted by molar-refractivity contribution is 7.89. The van der Waals surface area contributed by atoms with E-state index in [2.05, 4.69) is 17.0 Å². The molecule has 1 aliphatic rings. The first kappa shape index (κ1) is 14.0. The molecule has 1 saturated carbocycles. The van der Waals surface area contributed by atoms with Crippen LogP contribution in [-0.4, -0.2) is 21.5 Å². The average Bonchev–Trinajstić information content (AvgIpc) is 2.89. The van der Waals surface area contributed by atoms with Gasteiger partial charge in [-0.05, 0) is 30.9 Å². The van der Waals surface area contributed by atoms with Gasteiger partial charge >= 0.3 is 0 Å². The molecule has 0 unspecified atom stereocenters. The molecule has 6 heteroatoms. The number of rotatable bonds is 7. The molecule has 0 radical (unpaired) electrons. The van der Waals surface area contributed by atoms with Gasteiger partial charge in [0.2, 0.25) is 10.0 Å². The van der Waals surface area contributed by atoms with Crippen molar-refractivity contribution in [1.29, 1.82) is 0 Å². The van der Waals surface area contributed by atoms with Crippen molar-refractivity contribution in [3.05, 3.63) is 16.3 Å². The normalized spacial score (nSPS) is 17.9. The van der Waals surface area contributed by atoms with Crippen LogP contribution in [0.25, 0.3) is 0 Å². The summed E-state index contributed by atoms with van der Waals surface area (Å²) in [4.78, 5) is 1.44. The Morgan fingerprint density at radius 2 is 2.17 bits per heavy atom. The molecular formula is C12H20N2O2S2. The molecule has 1 aliphatic carbocycles. The topological polar surface area (TPSA) is 58.2 Å². The van der Waals surface area contributed by atoms with E-state index in [1.165, 1.54) is 11.3 Å². The Balaban J connectivity index is 1.97. The summed E-state index contributed by atoms with van der Waals surface area (Å²) in [6, 6.07) is 1.75. The van der Waals surface area contributed by atoms with E-state index in [0.29, 0.717) is 11.4 Å². The molecule has 2 rings (SSSR count). The summed E-state index contributed by atoms with van der Waals surface area (Å²) < 4.78 is 26.8. The van der Waals surface area contributed by atoms with Gasteiger partial charge in [0.1, 0.15) is 0 Å². The van der Waals surface area contributed by atoms with E-state index in [9.17, 15) is 8.42 Å². The Morgan fingerprint density at radius 1 is 1.44 bits per heavy atom. The number of sulfonamides is 1. The third-order valence-corrected chi connectivity index (χ3v) is 5.75. The molecule has 1 heterocycles. The summed E-state index contributed by atoms with van der Waals surface area (Å²) in [5.41, 5.74) is 0.190. The molecule has 0 spiro atoms. The monoisotopic (exact) mass is 288 g/mol. The van der Waals surface area contributed by atoms with Gasteiger partial charge in [-0.1, -0.05) is 13.8 Å². The first-order valence-electron chi connectivity index (χ1n) is 6.23. The predicted octanol–water partition coefficient (Wildman–Crippen LogP) is 1.94. The third kappa shape index (κ3) is 3.54. The zero-order chi connectivity index (χ0) is 13.2. The molecule has 2 N–H and O–H groups in total. The van der Waals surface area contributed by atoms with Crippen LogP contribution in [0, 0.1) is 5.41 Å². The molecule has 1 aromatic heterocycles. The smallest absolute Gasteiger partial charge is 0.241 e. The Hall–Kier alpha value is -0.430. The molecule has 18 heavy (non-hydrogen) atoms. The Kier molecular flexibility index (Phi) is 4.11. The number of nitrogens with one attached hydrogen (secondary N) is 2. The number of hydrogen-bond donors (Lipinski definition) is 2. The molecule has 1 fully saturated rings.